The number of amides is 1. The van der Waals surface area contributed by atoms with Gasteiger partial charge in [0.05, 0.1) is 12.0 Å². The van der Waals surface area contributed by atoms with Crippen molar-refractivity contribution in [1.29, 1.82) is 0 Å². The molecule has 0 bridgehead atoms. The molecule has 110 valence electrons. The minimum Gasteiger partial charge on any atom is -0.480 e. The van der Waals surface area contributed by atoms with Crippen LogP contribution in [0.25, 0.3) is 11.0 Å². The summed E-state index contributed by atoms with van der Waals surface area (Å²) in [6.45, 7) is -0.196. The molecule has 21 heavy (non-hydrogen) atoms. The zero-order chi connectivity index (χ0) is 15.4. The molecule has 0 aliphatic rings. The van der Waals surface area contributed by atoms with E-state index in [9.17, 15) is 14.4 Å². The Morgan fingerprint density at radius 1 is 1.38 bits per heavy atom. The van der Waals surface area contributed by atoms with Crippen molar-refractivity contribution in [1.82, 2.24) is 5.32 Å². The van der Waals surface area contributed by atoms with E-state index < -0.39 is 17.9 Å². The van der Waals surface area contributed by atoms with Gasteiger partial charge in [-0.05, 0) is 12.1 Å². The predicted molar refractivity (Wildman–Crippen MR) is 73.3 cm³/mol. The summed E-state index contributed by atoms with van der Waals surface area (Å²) in [5.41, 5.74) is -0.116. The van der Waals surface area contributed by atoms with Gasteiger partial charge in [0.1, 0.15) is 5.58 Å². The van der Waals surface area contributed by atoms with E-state index in [-0.39, 0.29) is 23.4 Å². The smallest absolute Gasteiger partial charge is 0.328 e. The number of hydrogen-bond donors (Lipinski definition) is 2. The second-order valence-electron chi connectivity index (χ2n) is 4.29. The number of carbonyl (C=O) groups is 2. The second kappa shape index (κ2) is 6.19. The summed E-state index contributed by atoms with van der Waals surface area (Å²) in [6.07, 6.45) is 0. The van der Waals surface area contributed by atoms with Crippen molar-refractivity contribution in [2.75, 3.05) is 13.7 Å². The van der Waals surface area contributed by atoms with E-state index in [1.165, 1.54) is 7.11 Å². The Balaban J connectivity index is 2.31. The molecule has 1 aromatic heterocycles. The molecule has 2 rings (SSSR count). The van der Waals surface area contributed by atoms with Crippen molar-refractivity contribution in [2.24, 2.45) is 0 Å². The van der Waals surface area contributed by atoms with Gasteiger partial charge in [-0.15, -0.1) is 0 Å². The molecule has 0 fully saturated rings. The molecule has 0 aliphatic heterocycles. The lowest BCUT2D eigenvalue weighted by molar-refractivity contribution is -0.140. The number of fused-ring (bicyclic) bond motifs is 1. The fourth-order valence-electron chi connectivity index (χ4n) is 1.79. The number of hydrogen-bond acceptors (Lipinski definition) is 5. The van der Waals surface area contributed by atoms with E-state index in [4.69, 9.17) is 14.3 Å². The molecule has 2 N–H and O–H groups in total. The first kappa shape index (κ1) is 14.7. The molecule has 2 aromatic rings. The van der Waals surface area contributed by atoms with Crippen LogP contribution in [0.5, 0.6) is 0 Å². The van der Waals surface area contributed by atoms with Crippen LogP contribution in [0.4, 0.5) is 0 Å². The van der Waals surface area contributed by atoms with Gasteiger partial charge in [0, 0.05) is 13.2 Å². The van der Waals surface area contributed by atoms with Crippen molar-refractivity contribution in [3.05, 3.63) is 46.3 Å². The number of carbonyl (C=O) groups excluding carboxylic acids is 1. The van der Waals surface area contributed by atoms with Crippen LogP contribution in [0, 0.1) is 0 Å². The van der Waals surface area contributed by atoms with E-state index in [1.54, 1.807) is 24.3 Å². The zero-order valence-corrected chi connectivity index (χ0v) is 11.2. The summed E-state index contributed by atoms with van der Waals surface area (Å²) >= 11 is 0. The normalized spacial score (nSPS) is 12.0. The third-order valence-electron chi connectivity index (χ3n) is 2.80. The maximum atomic E-state index is 12.0. The monoisotopic (exact) mass is 291 g/mol. The number of aliphatic carboxylic acids is 1. The average molecular weight is 291 g/mol. The van der Waals surface area contributed by atoms with Crippen LogP contribution >= 0.6 is 0 Å². The van der Waals surface area contributed by atoms with Crippen LogP contribution in [-0.4, -0.2) is 36.7 Å². The van der Waals surface area contributed by atoms with Crippen molar-refractivity contribution < 1.29 is 23.8 Å². The fourth-order valence-corrected chi connectivity index (χ4v) is 1.79. The van der Waals surface area contributed by atoms with E-state index >= 15 is 0 Å². The molecule has 1 aromatic carbocycles. The van der Waals surface area contributed by atoms with Gasteiger partial charge >= 0.3 is 5.97 Å². The molecular formula is C14H13NO6. The summed E-state index contributed by atoms with van der Waals surface area (Å²) in [5, 5.41) is 11.5. The Bertz CT molecular complexity index is 736. The summed E-state index contributed by atoms with van der Waals surface area (Å²) < 4.78 is 10.0. The number of nitrogens with one attached hydrogen (secondary N) is 1. The number of methoxy groups -OCH3 is 1. The summed E-state index contributed by atoms with van der Waals surface area (Å²) in [6, 6.07) is 6.28. The third kappa shape index (κ3) is 3.26. The minimum atomic E-state index is -1.24. The van der Waals surface area contributed by atoms with Gasteiger partial charge in [-0.25, -0.2) is 4.79 Å². The standard InChI is InChI=1S/C14H13NO6/c1-20-7-9(14(18)19)15-13(17)12-6-10(16)8-4-2-3-5-11(8)21-12/h2-6,9H,7H2,1H3,(H,15,17)(H,18,19). The van der Waals surface area contributed by atoms with Gasteiger partial charge in [0.15, 0.2) is 17.2 Å². The third-order valence-corrected chi connectivity index (χ3v) is 2.80. The van der Waals surface area contributed by atoms with Crippen LogP contribution in [0.3, 0.4) is 0 Å². The molecule has 0 saturated heterocycles. The Kier molecular flexibility index (Phi) is 4.34. The van der Waals surface area contributed by atoms with Crippen LogP contribution in [-0.2, 0) is 9.53 Å². The number of ether oxygens (including phenoxy) is 1. The molecule has 1 amide bonds. The fraction of sp³-hybridized carbons (Fsp3) is 0.214. The quantitative estimate of drug-likeness (QED) is 0.836. The van der Waals surface area contributed by atoms with Crippen LogP contribution in [0.15, 0.2) is 39.5 Å². The maximum Gasteiger partial charge on any atom is 0.328 e. The second-order valence-corrected chi connectivity index (χ2v) is 4.29. The lowest BCUT2D eigenvalue weighted by Gasteiger charge is -2.12. The Morgan fingerprint density at radius 3 is 2.76 bits per heavy atom. The van der Waals surface area contributed by atoms with E-state index in [0.717, 1.165) is 6.07 Å². The van der Waals surface area contributed by atoms with Crippen LogP contribution in [0.2, 0.25) is 0 Å². The Morgan fingerprint density at radius 2 is 2.10 bits per heavy atom. The molecule has 1 heterocycles. The molecule has 1 unspecified atom stereocenters. The largest absolute Gasteiger partial charge is 0.480 e. The van der Waals surface area contributed by atoms with Crippen molar-refractivity contribution in [3.8, 4) is 0 Å². The van der Waals surface area contributed by atoms with Crippen molar-refractivity contribution >= 4 is 22.8 Å². The molecule has 0 radical (unpaired) electrons. The molecular weight excluding hydrogens is 278 g/mol. The summed E-state index contributed by atoms with van der Waals surface area (Å²) in [7, 11) is 1.32. The highest BCUT2D eigenvalue weighted by Gasteiger charge is 2.22. The van der Waals surface area contributed by atoms with Crippen LogP contribution < -0.4 is 10.7 Å². The van der Waals surface area contributed by atoms with E-state index in [1.807, 2.05) is 0 Å². The average Bonchev–Trinajstić information content (AvgIpc) is 2.46. The number of rotatable bonds is 5. The highest BCUT2D eigenvalue weighted by molar-refractivity contribution is 5.95. The van der Waals surface area contributed by atoms with Gasteiger partial charge < -0.3 is 19.6 Å². The lowest BCUT2D eigenvalue weighted by Crippen LogP contribution is -2.44. The highest BCUT2D eigenvalue weighted by Crippen LogP contribution is 2.11. The van der Waals surface area contributed by atoms with Gasteiger partial charge in [0.2, 0.25) is 0 Å². The predicted octanol–water partition coefficient (Wildman–Crippen LogP) is 0.622. The lowest BCUT2D eigenvalue weighted by atomic mass is 10.2. The molecule has 1 atom stereocenters. The maximum absolute atomic E-state index is 12.0. The van der Waals surface area contributed by atoms with Gasteiger partial charge in [0.25, 0.3) is 5.91 Å². The number of carboxylic acid groups (broad SMARTS) is 1. The molecule has 0 spiro atoms. The summed E-state index contributed by atoms with van der Waals surface area (Å²) in [4.78, 5) is 34.8. The summed E-state index contributed by atoms with van der Waals surface area (Å²) in [5.74, 6) is -2.28. The molecule has 7 nitrogen and oxygen atoms in total. The first-order valence-corrected chi connectivity index (χ1v) is 6.08. The van der Waals surface area contributed by atoms with Crippen molar-refractivity contribution in [3.63, 3.8) is 0 Å². The Hall–Kier alpha value is -2.67. The topological polar surface area (TPSA) is 106 Å². The highest BCUT2D eigenvalue weighted by atomic mass is 16.5. The van der Waals surface area contributed by atoms with Crippen molar-refractivity contribution in [2.45, 2.75) is 6.04 Å². The number of benzene rings is 1. The number of para-hydroxylation sites is 1. The Labute approximate surface area is 119 Å². The van der Waals surface area contributed by atoms with Gasteiger partial charge in [-0.3, -0.25) is 9.59 Å². The first-order valence-electron chi connectivity index (χ1n) is 6.08. The minimum absolute atomic E-state index is 0.196. The molecule has 7 heteroatoms. The van der Waals surface area contributed by atoms with Gasteiger partial charge in [-0.1, -0.05) is 12.1 Å². The van der Waals surface area contributed by atoms with E-state index in [0.29, 0.717) is 5.39 Å². The van der Waals surface area contributed by atoms with Crippen LogP contribution in [0.1, 0.15) is 10.6 Å². The van der Waals surface area contributed by atoms with E-state index in [2.05, 4.69) is 5.32 Å². The first-order chi connectivity index (χ1) is 10.0. The molecule has 0 aliphatic carbocycles. The number of carboxylic acids is 1. The molecule has 0 saturated carbocycles. The SMILES string of the molecule is COCC(NC(=O)c1cc(=O)c2ccccc2o1)C(=O)O. The zero-order valence-electron chi connectivity index (χ0n) is 11.2. The van der Waals surface area contributed by atoms with Gasteiger partial charge in [-0.2, -0.15) is 0 Å².